The fourth-order valence-electron chi connectivity index (χ4n) is 3.36. The molecule has 1 aromatic heterocycles. The van der Waals surface area contributed by atoms with E-state index in [1.54, 1.807) is 20.8 Å². The summed E-state index contributed by atoms with van der Waals surface area (Å²) in [4.78, 5) is 44.1. The molecule has 0 fully saturated rings. The Bertz CT molecular complexity index is 1170. The van der Waals surface area contributed by atoms with Gasteiger partial charge in [-0.1, -0.05) is 42.5 Å². The number of nitrogens with one attached hydrogen (secondary N) is 3. The minimum Gasteiger partial charge on any atom is -0.469 e. The third-order valence-corrected chi connectivity index (χ3v) is 4.92. The van der Waals surface area contributed by atoms with Gasteiger partial charge in [0.15, 0.2) is 6.04 Å². The van der Waals surface area contributed by atoms with Gasteiger partial charge >= 0.3 is 12.1 Å². The fourth-order valence-corrected chi connectivity index (χ4v) is 3.36. The van der Waals surface area contributed by atoms with E-state index in [-0.39, 0.29) is 13.0 Å². The number of aromatic amines is 1. The molecule has 0 saturated heterocycles. The van der Waals surface area contributed by atoms with Gasteiger partial charge in [0.25, 0.3) is 0 Å². The van der Waals surface area contributed by atoms with E-state index in [1.165, 1.54) is 13.3 Å². The molecule has 1 atom stereocenters. The third kappa shape index (κ3) is 7.06. The van der Waals surface area contributed by atoms with Crippen LogP contribution in [0.2, 0.25) is 0 Å². The van der Waals surface area contributed by atoms with Gasteiger partial charge in [-0.05, 0) is 37.1 Å². The number of carbonyl (C=O) groups is 3. The first-order valence-corrected chi connectivity index (χ1v) is 11.0. The fraction of sp³-hybridized carbons (Fsp3) is 0.360. The van der Waals surface area contributed by atoms with Crippen LogP contribution in [0.3, 0.4) is 0 Å². The number of methoxy groups -OCH3 is 1. The van der Waals surface area contributed by atoms with E-state index in [0.717, 1.165) is 16.3 Å². The van der Waals surface area contributed by atoms with Crippen LogP contribution in [0.25, 0.3) is 10.8 Å². The predicted molar refractivity (Wildman–Crippen MR) is 127 cm³/mol. The van der Waals surface area contributed by atoms with Crippen molar-refractivity contribution in [1.82, 2.24) is 20.6 Å². The van der Waals surface area contributed by atoms with Crippen LogP contribution >= 0.6 is 0 Å². The van der Waals surface area contributed by atoms with Gasteiger partial charge in [0.05, 0.1) is 25.4 Å². The van der Waals surface area contributed by atoms with Crippen molar-refractivity contribution in [2.24, 2.45) is 0 Å². The molecule has 2 aromatic carbocycles. The minimum absolute atomic E-state index is 0.0115. The number of hydrogen-bond donors (Lipinski definition) is 3. The largest absolute Gasteiger partial charge is 0.469 e. The van der Waals surface area contributed by atoms with E-state index in [4.69, 9.17) is 4.74 Å². The van der Waals surface area contributed by atoms with E-state index < -0.39 is 29.6 Å². The lowest BCUT2D eigenvalue weighted by atomic mass is 10.1. The molecule has 0 aliphatic rings. The molecule has 2 amide bonds. The van der Waals surface area contributed by atoms with E-state index in [9.17, 15) is 14.4 Å². The molecule has 0 aliphatic carbocycles. The van der Waals surface area contributed by atoms with Crippen LogP contribution < -0.4 is 10.6 Å². The Balaban J connectivity index is 1.75. The standard InChI is InChI=1S/C25H30N4O5/c1-25(2,3)34-24(32)29-22(23(31)26-12-11-21(30)33-4)19-15-27-20(28-19)14-16-9-10-17-7-5-6-8-18(17)13-16/h5-10,13,15,22H,11-12,14H2,1-4H3,(H,26,31)(H,27,28)(H,29,32)/t22-/m0/s1. The second-order valence-electron chi connectivity index (χ2n) is 8.84. The number of esters is 1. The van der Waals surface area contributed by atoms with Crippen molar-refractivity contribution >= 4 is 28.7 Å². The van der Waals surface area contributed by atoms with Crippen molar-refractivity contribution in [3.8, 4) is 0 Å². The summed E-state index contributed by atoms with van der Waals surface area (Å²) in [7, 11) is 1.28. The van der Waals surface area contributed by atoms with E-state index in [1.807, 2.05) is 24.3 Å². The molecule has 0 aliphatic heterocycles. The Morgan fingerprint density at radius 1 is 1.09 bits per heavy atom. The highest BCUT2D eigenvalue weighted by Crippen LogP contribution is 2.19. The van der Waals surface area contributed by atoms with Crippen LogP contribution in [0.4, 0.5) is 4.79 Å². The van der Waals surface area contributed by atoms with Gasteiger partial charge in [0, 0.05) is 13.0 Å². The van der Waals surface area contributed by atoms with Crippen LogP contribution in [0.5, 0.6) is 0 Å². The maximum absolute atomic E-state index is 12.8. The Kier molecular flexibility index (Phi) is 7.88. The van der Waals surface area contributed by atoms with Crippen molar-refractivity contribution < 1.29 is 23.9 Å². The topological polar surface area (TPSA) is 122 Å². The summed E-state index contributed by atoms with van der Waals surface area (Å²) in [6.07, 6.45) is 1.30. The number of hydrogen-bond acceptors (Lipinski definition) is 6. The first kappa shape index (κ1) is 24.8. The molecule has 0 spiro atoms. The van der Waals surface area contributed by atoms with Gasteiger partial charge < -0.3 is 25.1 Å². The van der Waals surface area contributed by atoms with Gasteiger partial charge in [-0.15, -0.1) is 0 Å². The van der Waals surface area contributed by atoms with Crippen molar-refractivity contribution in [1.29, 1.82) is 0 Å². The van der Waals surface area contributed by atoms with E-state index in [2.05, 4.69) is 43.5 Å². The number of amides is 2. The van der Waals surface area contributed by atoms with Crippen molar-refractivity contribution in [3.05, 3.63) is 65.7 Å². The van der Waals surface area contributed by atoms with Crippen LogP contribution in [0.1, 0.15) is 50.3 Å². The lowest BCUT2D eigenvalue weighted by Crippen LogP contribution is -2.43. The summed E-state index contributed by atoms with van der Waals surface area (Å²) in [5, 5.41) is 7.49. The lowest BCUT2D eigenvalue weighted by molar-refractivity contribution is -0.140. The van der Waals surface area contributed by atoms with Crippen LogP contribution in [-0.4, -0.2) is 47.2 Å². The number of benzene rings is 2. The Morgan fingerprint density at radius 3 is 2.53 bits per heavy atom. The predicted octanol–water partition coefficient (Wildman–Crippen LogP) is 3.40. The van der Waals surface area contributed by atoms with Crippen LogP contribution in [0, 0.1) is 0 Å². The summed E-state index contributed by atoms with van der Waals surface area (Å²) in [5.74, 6) is -0.310. The maximum atomic E-state index is 12.8. The summed E-state index contributed by atoms with van der Waals surface area (Å²) >= 11 is 0. The number of imidazole rings is 1. The third-order valence-electron chi connectivity index (χ3n) is 4.92. The van der Waals surface area contributed by atoms with Crippen molar-refractivity contribution in [2.45, 2.75) is 45.3 Å². The number of ether oxygens (including phenoxy) is 2. The number of nitrogens with zero attached hydrogens (tertiary/aromatic N) is 1. The van der Waals surface area contributed by atoms with E-state index in [0.29, 0.717) is 17.9 Å². The number of rotatable bonds is 8. The molecule has 9 nitrogen and oxygen atoms in total. The summed E-state index contributed by atoms with van der Waals surface area (Å²) in [6, 6.07) is 13.2. The maximum Gasteiger partial charge on any atom is 0.408 e. The number of H-pyrrole nitrogens is 1. The first-order chi connectivity index (χ1) is 16.1. The zero-order chi connectivity index (χ0) is 24.7. The van der Waals surface area contributed by atoms with E-state index >= 15 is 0 Å². The first-order valence-electron chi connectivity index (χ1n) is 11.0. The summed E-state index contributed by atoms with van der Waals surface area (Å²) in [5.41, 5.74) is 0.724. The normalized spacial score (nSPS) is 12.1. The van der Waals surface area contributed by atoms with Crippen molar-refractivity contribution in [3.63, 3.8) is 0 Å². The molecule has 1 heterocycles. The molecule has 3 N–H and O–H groups in total. The number of fused-ring (bicyclic) bond motifs is 1. The molecule has 0 radical (unpaired) electrons. The monoisotopic (exact) mass is 466 g/mol. The number of carbonyl (C=O) groups excluding carboxylic acids is 3. The molecule has 180 valence electrons. The molecule has 0 saturated carbocycles. The zero-order valence-corrected chi connectivity index (χ0v) is 19.8. The second kappa shape index (κ2) is 10.8. The van der Waals surface area contributed by atoms with Gasteiger partial charge in [0.2, 0.25) is 5.91 Å². The molecule has 0 bridgehead atoms. The van der Waals surface area contributed by atoms with Gasteiger partial charge in [-0.2, -0.15) is 0 Å². The molecular weight excluding hydrogens is 436 g/mol. The highest BCUT2D eigenvalue weighted by atomic mass is 16.6. The zero-order valence-electron chi connectivity index (χ0n) is 19.8. The molecule has 34 heavy (non-hydrogen) atoms. The van der Waals surface area contributed by atoms with Gasteiger partial charge in [0.1, 0.15) is 11.4 Å². The summed E-state index contributed by atoms with van der Waals surface area (Å²) in [6.45, 7) is 5.26. The average molecular weight is 467 g/mol. The quantitative estimate of drug-likeness (QED) is 0.438. The molecule has 9 heteroatoms. The van der Waals surface area contributed by atoms with Gasteiger partial charge in [-0.3, -0.25) is 9.59 Å². The Labute approximate surface area is 198 Å². The van der Waals surface area contributed by atoms with Crippen molar-refractivity contribution in [2.75, 3.05) is 13.7 Å². The summed E-state index contributed by atoms with van der Waals surface area (Å²) < 4.78 is 9.89. The molecular formula is C25H30N4O5. The molecule has 0 unspecified atom stereocenters. The minimum atomic E-state index is -1.08. The molecule has 3 aromatic rings. The highest BCUT2D eigenvalue weighted by Gasteiger charge is 2.27. The lowest BCUT2D eigenvalue weighted by Gasteiger charge is -2.22. The number of aromatic nitrogens is 2. The number of alkyl carbamates (subject to hydrolysis) is 1. The second-order valence-corrected chi connectivity index (χ2v) is 8.84. The van der Waals surface area contributed by atoms with Crippen LogP contribution in [0.15, 0.2) is 48.7 Å². The Morgan fingerprint density at radius 2 is 1.82 bits per heavy atom. The smallest absolute Gasteiger partial charge is 0.408 e. The van der Waals surface area contributed by atoms with Crippen LogP contribution in [-0.2, 0) is 25.5 Å². The average Bonchev–Trinajstić information content (AvgIpc) is 3.24. The Hall–Kier alpha value is -3.88. The SMILES string of the molecule is COC(=O)CCNC(=O)[C@@H](NC(=O)OC(C)(C)C)c1cnc(Cc2ccc3ccccc3c2)[nH]1. The van der Waals surface area contributed by atoms with Gasteiger partial charge in [-0.25, -0.2) is 9.78 Å². The molecule has 3 rings (SSSR count). The highest BCUT2D eigenvalue weighted by molar-refractivity contribution is 5.87.